The minimum Gasteiger partial charge on any atom is -0.444 e. The van der Waals surface area contributed by atoms with Crippen LogP contribution in [0.5, 0.6) is 0 Å². The van der Waals surface area contributed by atoms with Gasteiger partial charge in [-0.05, 0) is 70.1 Å². The molecule has 8 heteroatoms. The van der Waals surface area contributed by atoms with E-state index in [1.54, 1.807) is 30.3 Å². The SMILES string of the molecule is O=C(NCc1ccccc1)c1ccc(NC(=S)NC(=O)c2ccc(Br)o2)cc1. The Balaban J connectivity index is 1.51. The van der Waals surface area contributed by atoms with Crippen LogP contribution in [0.4, 0.5) is 5.69 Å². The number of hydrogen-bond acceptors (Lipinski definition) is 4. The molecule has 0 atom stereocenters. The van der Waals surface area contributed by atoms with Crippen LogP contribution < -0.4 is 16.0 Å². The normalized spacial score (nSPS) is 10.2. The Bertz CT molecular complexity index is 987. The maximum atomic E-state index is 12.2. The number of amides is 2. The number of carbonyl (C=O) groups is 2. The van der Waals surface area contributed by atoms with E-state index in [0.29, 0.717) is 22.5 Å². The topological polar surface area (TPSA) is 83.4 Å². The first-order valence-electron chi connectivity index (χ1n) is 8.31. The third-order valence-corrected chi connectivity index (χ3v) is 4.36. The van der Waals surface area contributed by atoms with E-state index >= 15 is 0 Å². The molecule has 0 fully saturated rings. The minimum atomic E-state index is -0.458. The zero-order chi connectivity index (χ0) is 19.9. The third-order valence-electron chi connectivity index (χ3n) is 3.72. The largest absolute Gasteiger partial charge is 0.444 e. The molecule has 0 spiro atoms. The van der Waals surface area contributed by atoms with Gasteiger partial charge in [0.25, 0.3) is 11.8 Å². The first kappa shape index (κ1) is 19.8. The van der Waals surface area contributed by atoms with Gasteiger partial charge in [0.15, 0.2) is 15.5 Å². The number of carbonyl (C=O) groups excluding carboxylic acids is 2. The Hall–Kier alpha value is -2.97. The lowest BCUT2D eigenvalue weighted by molar-refractivity contribution is 0.0942. The van der Waals surface area contributed by atoms with Crippen LogP contribution >= 0.6 is 28.1 Å². The maximum absolute atomic E-state index is 12.2. The summed E-state index contributed by atoms with van der Waals surface area (Å²) in [6.07, 6.45) is 0. The van der Waals surface area contributed by atoms with Crippen molar-refractivity contribution in [3.05, 3.63) is 88.3 Å². The van der Waals surface area contributed by atoms with Crippen LogP contribution in [0, 0.1) is 0 Å². The standard InChI is InChI=1S/C20H16BrN3O3S/c21-17-11-10-16(27-17)19(26)24-20(28)23-15-8-6-14(7-9-15)18(25)22-12-13-4-2-1-3-5-13/h1-11H,12H2,(H,22,25)(H2,23,24,26,28). The summed E-state index contributed by atoms with van der Waals surface area (Å²) in [6, 6.07) is 19.6. The second kappa shape index (κ2) is 9.29. The van der Waals surface area contributed by atoms with Gasteiger partial charge in [-0.3, -0.25) is 14.9 Å². The third kappa shape index (κ3) is 5.51. The van der Waals surface area contributed by atoms with Crippen molar-refractivity contribution in [2.24, 2.45) is 0 Å². The molecule has 3 N–H and O–H groups in total. The number of rotatable bonds is 5. The van der Waals surface area contributed by atoms with Crippen molar-refractivity contribution in [3.8, 4) is 0 Å². The van der Waals surface area contributed by atoms with Gasteiger partial charge in [-0.15, -0.1) is 0 Å². The lowest BCUT2D eigenvalue weighted by Gasteiger charge is -2.10. The summed E-state index contributed by atoms with van der Waals surface area (Å²) in [7, 11) is 0. The second-order valence-corrected chi connectivity index (χ2v) is 6.95. The quantitative estimate of drug-likeness (QED) is 0.502. The summed E-state index contributed by atoms with van der Waals surface area (Å²) in [5.74, 6) is -0.490. The Morgan fingerprint density at radius 1 is 0.929 bits per heavy atom. The van der Waals surface area contributed by atoms with Crippen LogP contribution in [-0.2, 0) is 6.54 Å². The molecule has 0 bridgehead atoms. The van der Waals surface area contributed by atoms with Crippen molar-refractivity contribution in [1.29, 1.82) is 0 Å². The molecule has 0 aliphatic rings. The Kier molecular flexibility index (Phi) is 6.57. The van der Waals surface area contributed by atoms with Crippen LogP contribution in [0.2, 0.25) is 0 Å². The van der Waals surface area contributed by atoms with Gasteiger partial charge < -0.3 is 15.1 Å². The number of furan rings is 1. The highest BCUT2D eigenvalue weighted by Crippen LogP contribution is 2.14. The molecule has 3 rings (SSSR count). The molecule has 2 aromatic carbocycles. The Morgan fingerprint density at radius 3 is 2.29 bits per heavy atom. The number of anilines is 1. The van der Waals surface area contributed by atoms with Gasteiger partial charge in [0, 0.05) is 17.8 Å². The van der Waals surface area contributed by atoms with Gasteiger partial charge in [-0.1, -0.05) is 30.3 Å². The fourth-order valence-electron chi connectivity index (χ4n) is 2.35. The number of halogens is 1. The number of hydrogen-bond donors (Lipinski definition) is 3. The van der Waals surface area contributed by atoms with Crippen molar-refractivity contribution in [1.82, 2.24) is 10.6 Å². The smallest absolute Gasteiger partial charge is 0.293 e. The van der Waals surface area contributed by atoms with Gasteiger partial charge in [-0.25, -0.2) is 0 Å². The molecule has 142 valence electrons. The van der Waals surface area contributed by atoms with Crippen molar-refractivity contribution in [2.45, 2.75) is 6.54 Å². The van der Waals surface area contributed by atoms with E-state index < -0.39 is 5.91 Å². The minimum absolute atomic E-state index is 0.124. The first-order valence-corrected chi connectivity index (χ1v) is 9.51. The van der Waals surface area contributed by atoms with E-state index in [1.807, 2.05) is 30.3 Å². The molecular weight excluding hydrogens is 442 g/mol. The number of thiocarbonyl (C=S) groups is 1. The lowest BCUT2D eigenvalue weighted by atomic mass is 10.2. The van der Waals surface area contributed by atoms with Gasteiger partial charge >= 0.3 is 0 Å². The fraction of sp³-hybridized carbons (Fsp3) is 0.0500. The predicted octanol–water partition coefficient (Wildman–Crippen LogP) is 4.10. The zero-order valence-electron chi connectivity index (χ0n) is 14.6. The van der Waals surface area contributed by atoms with Crippen molar-refractivity contribution in [3.63, 3.8) is 0 Å². The van der Waals surface area contributed by atoms with E-state index in [9.17, 15) is 9.59 Å². The van der Waals surface area contributed by atoms with Crippen molar-refractivity contribution in [2.75, 3.05) is 5.32 Å². The van der Waals surface area contributed by atoms with Crippen LogP contribution in [-0.4, -0.2) is 16.9 Å². The molecule has 28 heavy (non-hydrogen) atoms. The average Bonchev–Trinajstić information content (AvgIpc) is 3.14. The molecule has 0 saturated carbocycles. The van der Waals surface area contributed by atoms with Crippen LogP contribution in [0.3, 0.4) is 0 Å². The highest BCUT2D eigenvalue weighted by atomic mass is 79.9. The monoisotopic (exact) mass is 457 g/mol. The van der Waals surface area contributed by atoms with E-state index in [2.05, 4.69) is 31.9 Å². The molecule has 0 aliphatic carbocycles. The van der Waals surface area contributed by atoms with Gasteiger partial charge in [0.05, 0.1) is 0 Å². The zero-order valence-corrected chi connectivity index (χ0v) is 17.0. The van der Waals surface area contributed by atoms with E-state index in [1.165, 1.54) is 6.07 Å². The molecule has 3 aromatic rings. The van der Waals surface area contributed by atoms with E-state index in [0.717, 1.165) is 5.56 Å². The molecule has 6 nitrogen and oxygen atoms in total. The molecule has 0 radical (unpaired) electrons. The Labute approximate surface area is 175 Å². The predicted molar refractivity (Wildman–Crippen MR) is 114 cm³/mol. The van der Waals surface area contributed by atoms with Crippen LogP contribution in [0.1, 0.15) is 26.5 Å². The molecule has 0 saturated heterocycles. The first-order chi connectivity index (χ1) is 13.5. The number of benzene rings is 2. The maximum Gasteiger partial charge on any atom is 0.293 e. The molecule has 0 unspecified atom stereocenters. The lowest BCUT2D eigenvalue weighted by Crippen LogP contribution is -2.33. The highest BCUT2D eigenvalue weighted by Gasteiger charge is 2.12. The number of nitrogens with one attached hydrogen (secondary N) is 3. The van der Waals surface area contributed by atoms with E-state index in [-0.39, 0.29) is 16.8 Å². The summed E-state index contributed by atoms with van der Waals surface area (Å²) >= 11 is 8.26. The second-order valence-electron chi connectivity index (χ2n) is 5.76. The van der Waals surface area contributed by atoms with Gasteiger partial charge in [0.1, 0.15) is 0 Å². The van der Waals surface area contributed by atoms with Crippen LogP contribution in [0.25, 0.3) is 0 Å². The summed E-state index contributed by atoms with van der Waals surface area (Å²) in [6.45, 7) is 0.457. The summed E-state index contributed by atoms with van der Waals surface area (Å²) in [5, 5.41) is 8.40. The highest BCUT2D eigenvalue weighted by molar-refractivity contribution is 9.10. The fourth-order valence-corrected chi connectivity index (χ4v) is 2.87. The van der Waals surface area contributed by atoms with Crippen LogP contribution in [0.15, 0.2) is 75.8 Å². The molecule has 1 aromatic heterocycles. The molecule has 1 heterocycles. The molecule has 2 amide bonds. The van der Waals surface area contributed by atoms with Gasteiger partial charge in [0.2, 0.25) is 0 Å². The van der Waals surface area contributed by atoms with E-state index in [4.69, 9.17) is 16.6 Å². The summed E-state index contributed by atoms with van der Waals surface area (Å²) < 4.78 is 5.62. The summed E-state index contributed by atoms with van der Waals surface area (Å²) in [4.78, 5) is 24.2. The molecule has 0 aliphatic heterocycles. The van der Waals surface area contributed by atoms with Gasteiger partial charge in [-0.2, -0.15) is 0 Å². The summed E-state index contributed by atoms with van der Waals surface area (Å²) in [5.41, 5.74) is 2.20. The van der Waals surface area contributed by atoms with Crippen molar-refractivity contribution < 1.29 is 14.0 Å². The van der Waals surface area contributed by atoms with Crippen molar-refractivity contribution >= 4 is 50.8 Å². The Morgan fingerprint density at radius 2 is 1.64 bits per heavy atom. The average molecular weight is 458 g/mol. The molecular formula is C20H16BrN3O3S.